The average molecular weight is 254 g/mol. The zero-order valence-corrected chi connectivity index (χ0v) is 11.1. The first-order valence-corrected chi connectivity index (χ1v) is 5.86. The van der Waals surface area contributed by atoms with Crippen molar-refractivity contribution in [1.29, 1.82) is 5.26 Å². The van der Waals surface area contributed by atoms with Gasteiger partial charge in [-0.2, -0.15) is 5.26 Å². The van der Waals surface area contributed by atoms with Crippen LogP contribution < -0.4 is 10.3 Å². The lowest BCUT2D eigenvalue weighted by atomic mass is 10.0. The van der Waals surface area contributed by atoms with Crippen molar-refractivity contribution in [3.05, 3.63) is 51.3 Å². The van der Waals surface area contributed by atoms with E-state index in [2.05, 4.69) is 4.98 Å². The van der Waals surface area contributed by atoms with Gasteiger partial charge in [0.1, 0.15) is 17.4 Å². The van der Waals surface area contributed by atoms with Gasteiger partial charge in [-0.15, -0.1) is 0 Å². The molecule has 0 saturated heterocycles. The molecule has 0 saturated carbocycles. The van der Waals surface area contributed by atoms with Gasteiger partial charge in [0.05, 0.1) is 7.11 Å². The van der Waals surface area contributed by atoms with E-state index in [9.17, 15) is 4.79 Å². The fourth-order valence-corrected chi connectivity index (χ4v) is 2.02. The Balaban J connectivity index is 2.60. The topological polar surface area (TPSA) is 65.9 Å². The Morgan fingerprint density at radius 1 is 1.21 bits per heavy atom. The molecule has 19 heavy (non-hydrogen) atoms. The average Bonchev–Trinajstić information content (AvgIpc) is 2.40. The van der Waals surface area contributed by atoms with Crippen molar-refractivity contribution in [2.45, 2.75) is 13.8 Å². The number of nitrogens with zero attached hydrogens (tertiary/aromatic N) is 1. The second-order valence-corrected chi connectivity index (χ2v) is 4.36. The van der Waals surface area contributed by atoms with E-state index >= 15 is 0 Å². The summed E-state index contributed by atoms with van der Waals surface area (Å²) in [5.41, 5.74) is 3.38. The normalized spacial score (nSPS) is 10.0. The van der Waals surface area contributed by atoms with Crippen molar-refractivity contribution in [3.8, 4) is 23.1 Å². The van der Waals surface area contributed by atoms with Gasteiger partial charge in [-0.1, -0.05) is 0 Å². The molecule has 0 aliphatic carbocycles. The highest BCUT2D eigenvalue weighted by Gasteiger charge is 2.08. The predicted octanol–water partition coefficient (Wildman–Crippen LogP) is 2.54. The Labute approximate surface area is 111 Å². The number of benzene rings is 1. The molecule has 0 atom stereocenters. The van der Waals surface area contributed by atoms with E-state index in [0.717, 1.165) is 22.4 Å². The van der Waals surface area contributed by atoms with Gasteiger partial charge in [-0.25, -0.2) is 0 Å². The van der Waals surface area contributed by atoms with Crippen LogP contribution in [-0.4, -0.2) is 12.1 Å². The summed E-state index contributed by atoms with van der Waals surface area (Å²) < 4.78 is 5.26. The number of aromatic nitrogens is 1. The molecule has 1 N–H and O–H groups in total. The van der Waals surface area contributed by atoms with E-state index in [-0.39, 0.29) is 11.1 Å². The van der Waals surface area contributed by atoms with Crippen molar-refractivity contribution >= 4 is 0 Å². The summed E-state index contributed by atoms with van der Waals surface area (Å²) in [7, 11) is 1.63. The number of hydrogen-bond acceptors (Lipinski definition) is 3. The molecule has 2 rings (SSSR count). The summed E-state index contributed by atoms with van der Waals surface area (Å²) in [6, 6.07) is 9.03. The van der Waals surface area contributed by atoms with Crippen molar-refractivity contribution < 1.29 is 4.74 Å². The van der Waals surface area contributed by atoms with E-state index in [0.29, 0.717) is 5.69 Å². The zero-order valence-electron chi connectivity index (χ0n) is 11.1. The molecule has 0 unspecified atom stereocenters. The van der Waals surface area contributed by atoms with Crippen LogP contribution in [0, 0.1) is 25.2 Å². The van der Waals surface area contributed by atoms with Crippen molar-refractivity contribution in [1.82, 2.24) is 4.98 Å². The van der Waals surface area contributed by atoms with Crippen LogP contribution in [0.25, 0.3) is 11.3 Å². The summed E-state index contributed by atoms with van der Waals surface area (Å²) in [5.74, 6) is 0.817. The number of H-pyrrole nitrogens is 1. The summed E-state index contributed by atoms with van der Waals surface area (Å²) in [6.45, 7) is 3.90. The summed E-state index contributed by atoms with van der Waals surface area (Å²) in [4.78, 5) is 14.4. The lowest BCUT2D eigenvalue weighted by molar-refractivity contribution is 0.411. The second kappa shape index (κ2) is 4.99. The fraction of sp³-hybridized carbons (Fsp3) is 0.200. The minimum absolute atomic E-state index is 0.117. The van der Waals surface area contributed by atoms with E-state index in [1.165, 1.54) is 6.07 Å². The number of nitriles is 1. The van der Waals surface area contributed by atoms with E-state index in [1.54, 1.807) is 13.2 Å². The van der Waals surface area contributed by atoms with E-state index in [4.69, 9.17) is 10.00 Å². The highest BCUT2D eigenvalue weighted by atomic mass is 16.5. The smallest absolute Gasteiger partial charge is 0.266 e. The number of ether oxygens (including phenoxy) is 1. The lowest BCUT2D eigenvalue weighted by Crippen LogP contribution is -2.10. The highest BCUT2D eigenvalue weighted by molar-refractivity contribution is 5.66. The van der Waals surface area contributed by atoms with Gasteiger partial charge in [0.15, 0.2) is 0 Å². The summed E-state index contributed by atoms with van der Waals surface area (Å²) >= 11 is 0. The Bertz CT molecular complexity index is 724. The van der Waals surface area contributed by atoms with Gasteiger partial charge in [-0.3, -0.25) is 4.79 Å². The van der Waals surface area contributed by atoms with Gasteiger partial charge in [0.25, 0.3) is 5.56 Å². The highest BCUT2D eigenvalue weighted by Crippen LogP contribution is 2.28. The molecule has 0 spiro atoms. The molecule has 0 radical (unpaired) electrons. The lowest BCUT2D eigenvalue weighted by Gasteiger charge is -2.11. The van der Waals surface area contributed by atoms with Gasteiger partial charge in [-0.05, 0) is 49.2 Å². The molecule has 0 bridgehead atoms. The number of aromatic amines is 1. The van der Waals surface area contributed by atoms with Gasteiger partial charge in [0.2, 0.25) is 0 Å². The maximum absolute atomic E-state index is 11.7. The molecule has 0 fully saturated rings. The molecule has 4 nitrogen and oxygen atoms in total. The molecule has 0 aliphatic heterocycles. The van der Waals surface area contributed by atoms with Crippen LogP contribution in [-0.2, 0) is 0 Å². The van der Waals surface area contributed by atoms with Crippen LogP contribution in [0.1, 0.15) is 16.7 Å². The van der Waals surface area contributed by atoms with Crippen LogP contribution in [0.4, 0.5) is 0 Å². The second-order valence-electron chi connectivity index (χ2n) is 4.36. The van der Waals surface area contributed by atoms with E-state index in [1.807, 2.05) is 32.0 Å². The molecule has 1 heterocycles. The predicted molar refractivity (Wildman–Crippen MR) is 73.2 cm³/mol. The molecule has 2 aromatic rings. The monoisotopic (exact) mass is 254 g/mol. The molecule has 4 heteroatoms. The van der Waals surface area contributed by atoms with Gasteiger partial charge in [0, 0.05) is 11.3 Å². The third kappa shape index (κ3) is 2.36. The minimum atomic E-state index is -0.368. The Morgan fingerprint density at radius 3 is 2.53 bits per heavy atom. The minimum Gasteiger partial charge on any atom is -0.496 e. The number of nitrogens with one attached hydrogen (secondary N) is 1. The first-order chi connectivity index (χ1) is 9.06. The number of pyridine rings is 1. The maximum atomic E-state index is 11.7. The molecule has 1 aromatic carbocycles. The molecule has 0 aliphatic rings. The summed E-state index contributed by atoms with van der Waals surface area (Å²) in [6.07, 6.45) is 0. The first kappa shape index (κ1) is 12.9. The summed E-state index contributed by atoms with van der Waals surface area (Å²) in [5, 5.41) is 8.76. The van der Waals surface area contributed by atoms with Crippen molar-refractivity contribution in [2.75, 3.05) is 7.11 Å². The molecule has 0 amide bonds. The van der Waals surface area contributed by atoms with Crippen molar-refractivity contribution in [2.24, 2.45) is 0 Å². The first-order valence-electron chi connectivity index (χ1n) is 5.86. The van der Waals surface area contributed by atoms with E-state index < -0.39 is 0 Å². The molecule has 1 aromatic heterocycles. The number of aryl methyl sites for hydroxylation is 2. The SMILES string of the molecule is COc1cc(C)c(-c2ccc(C#N)c(=O)[nH]2)cc1C. The largest absolute Gasteiger partial charge is 0.496 e. The van der Waals surface area contributed by atoms with Crippen LogP contribution in [0.2, 0.25) is 0 Å². The number of rotatable bonds is 2. The van der Waals surface area contributed by atoms with Crippen LogP contribution in [0.5, 0.6) is 5.75 Å². The van der Waals surface area contributed by atoms with Crippen LogP contribution in [0.15, 0.2) is 29.1 Å². The third-order valence-electron chi connectivity index (χ3n) is 3.06. The Morgan fingerprint density at radius 2 is 1.95 bits per heavy atom. The van der Waals surface area contributed by atoms with Crippen LogP contribution in [0.3, 0.4) is 0 Å². The third-order valence-corrected chi connectivity index (χ3v) is 3.06. The fourth-order valence-electron chi connectivity index (χ4n) is 2.02. The van der Waals surface area contributed by atoms with Crippen molar-refractivity contribution in [3.63, 3.8) is 0 Å². The molecule has 96 valence electrons. The quantitative estimate of drug-likeness (QED) is 0.895. The van der Waals surface area contributed by atoms with Crippen LogP contribution >= 0.6 is 0 Å². The number of hydrogen-bond donors (Lipinski definition) is 1. The Hall–Kier alpha value is -2.54. The van der Waals surface area contributed by atoms with Gasteiger partial charge < -0.3 is 9.72 Å². The van der Waals surface area contributed by atoms with Gasteiger partial charge >= 0.3 is 0 Å². The maximum Gasteiger partial charge on any atom is 0.266 e. The standard InChI is InChI=1S/C15H14N2O2/c1-9-7-14(19-3)10(2)6-12(9)13-5-4-11(8-16)15(18)17-13/h4-7H,1-3H3,(H,17,18). The molecular weight excluding hydrogens is 240 g/mol. The Kier molecular flexibility index (Phi) is 3.39. The number of methoxy groups -OCH3 is 1. The zero-order chi connectivity index (χ0) is 14.0. The molecular formula is C15H14N2O2.